The van der Waals surface area contributed by atoms with Crippen molar-refractivity contribution in [2.45, 2.75) is 19.8 Å². The first-order valence-corrected chi connectivity index (χ1v) is 6.80. The highest BCUT2D eigenvalue weighted by molar-refractivity contribution is 6.04. The number of carbonyl (C=O) groups is 2. The Bertz CT molecular complexity index is 420. The first kappa shape index (κ1) is 16.2. The van der Waals surface area contributed by atoms with Gasteiger partial charge in [-0.1, -0.05) is 18.2 Å². The van der Waals surface area contributed by atoms with Crippen LogP contribution in [0.5, 0.6) is 0 Å². The molecule has 0 fully saturated rings. The molecule has 20 heavy (non-hydrogen) atoms. The Labute approximate surface area is 119 Å². The van der Waals surface area contributed by atoms with E-state index in [1.165, 1.54) is 0 Å². The second-order valence-corrected chi connectivity index (χ2v) is 4.35. The number of hydrogen-bond donors (Lipinski definition) is 1. The highest BCUT2D eigenvalue weighted by atomic mass is 16.5. The molecule has 0 heterocycles. The van der Waals surface area contributed by atoms with Crippen molar-refractivity contribution in [2.75, 3.05) is 31.7 Å². The van der Waals surface area contributed by atoms with E-state index in [2.05, 4.69) is 5.32 Å². The third kappa shape index (κ3) is 5.40. The molecule has 0 aromatic heterocycles. The van der Waals surface area contributed by atoms with Crippen LogP contribution in [0, 0.1) is 0 Å². The molecule has 2 amide bonds. The lowest BCUT2D eigenvalue weighted by molar-refractivity contribution is -0.127. The fourth-order valence-corrected chi connectivity index (χ4v) is 1.85. The van der Waals surface area contributed by atoms with Crippen molar-refractivity contribution in [3.05, 3.63) is 30.3 Å². The van der Waals surface area contributed by atoms with Gasteiger partial charge in [-0.05, 0) is 25.5 Å². The van der Waals surface area contributed by atoms with Crippen LogP contribution in [0.25, 0.3) is 0 Å². The van der Waals surface area contributed by atoms with E-state index in [-0.39, 0.29) is 18.2 Å². The molecule has 0 aliphatic heterocycles. The second kappa shape index (κ2) is 9.09. The molecule has 0 bridgehead atoms. The minimum Gasteiger partial charge on any atom is -0.385 e. The lowest BCUT2D eigenvalue weighted by Gasteiger charge is -2.20. The first-order chi connectivity index (χ1) is 9.69. The van der Waals surface area contributed by atoms with Crippen LogP contribution in [-0.2, 0) is 14.3 Å². The molecule has 0 saturated carbocycles. The zero-order chi connectivity index (χ0) is 14.8. The number of para-hydroxylation sites is 1. The van der Waals surface area contributed by atoms with E-state index in [9.17, 15) is 9.59 Å². The minimum atomic E-state index is -0.250. The molecule has 1 rings (SSSR count). The molecule has 1 aromatic rings. The number of nitrogens with zero attached hydrogens (tertiary/aromatic N) is 1. The van der Waals surface area contributed by atoms with Crippen LogP contribution in [0.3, 0.4) is 0 Å². The van der Waals surface area contributed by atoms with Crippen LogP contribution in [0.1, 0.15) is 19.8 Å². The van der Waals surface area contributed by atoms with Crippen molar-refractivity contribution in [1.29, 1.82) is 0 Å². The summed E-state index contributed by atoms with van der Waals surface area (Å²) in [5.41, 5.74) is 0.812. The normalized spacial score (nSPS) is 10.1. The maximum absolute atomic E-state index is 12.1. The quantitative estimate of drug-likeness (QED) is 0.580. The van der Waals surface area contributed by atoms with Crippen LogP contribution < -0.4 is 10.2 Å². The van der Waals surface area contributed by atoms with Gasteiger partial charge in [0, 0.05) is 32.5 Å². The number of methoxy groups -OCH3 is 1. The summed E-state index contributed by atoms with van der Waals surface area (Å²) in [6.45, 7) is 3.55. The van der Waals surface area contributed by atoms with E-state index in [1.54, 1.807) is 12.0 Å². The third-order valence-corrected chi connectivity index (χ3v) is 2.84. The third-order valence-electron chi connectivity index (χ3n) is 2.84. The predicted octanol–water partition coefficient (Wildman–Crippen LogP) is 1.58. The summed E-state index contributed by atoms with van der Waals surface area (Å²) in [6, 6.07) is 9.35. The Morgan fingerprint density at radius 1 is 1.25 bits per heavy atom. The van der Waals surface area contributed by atoms with Crippen molar-refractivity contribution in [3.8, 4) is 0 Å². The van der Waals surface area contributed by atoms with E-state index >= 15 is 0 Å². The molecule has 0 atom stereocenters. The molecule has 1 N–H and O–H groups in total. The lowest BCUT2D eigenvalue weighted by atomic mass is 10.2. The highest BCUT2D eigenvalue weighted by Crippen LogP contribution is 2.13. The van der Waals surface area contributed by atoms with Crippen LogP contribution in [-0.4, -0.2) is 38.6 Å². The van der Waals surface area contributed by atoms with Gasteiger partial charge in [0.1, 0.15) is 6.42 Å². The maximum atomic E-state index is 12.1. The largest absolute Gasteiger partial charge is 0.385 e. The molecule has 0 saturated heterocycles. The van der Waals surface area contributed by atoms with E-state index in [0.717, 1.165) is 12.1 Å². The van der Waals surface area contributed by atoms with Crippen LogP contribution in [0.15, 0.2) is 30.3 Å². The molecule has 0 aliphatic carbocycles. The number of amides is 2. The maximum Gasteiger partial charge on any atom is 0.236 e. The molecule has 110 valence electrons. The zero-order valence-corrected chi connectivity index (χ0v) is 12.1. The molecule has 5 nitrogen and oxygen atoms in total. The van der Waals surface area contributed by atoms with E-state index in [4.69, 9.17) is 4.74 Å². The lowest BCUT2D eigenvalue weighted by Crippen LogP contribution is -2.36. The van der Waals surface area contributed by atoms with Crippen LogP contribution in [0.4, 0.5) is 5.69 Å². The summed E-state index contributed by atoms with van der Waals surface area (Å²) in [7, 11) is 1.62. The molecular formula is C15H22N2O3. The minimum absolute atomic E-state index is 0.129. The number of ether oxygens (including phenoxy) is 1. The van der Waals surface area contributed by atoms with Gasteiger partial charge in [0.2, 0.25) is 11.8 Å². The smallest absolute Gasteiger partial charge is 0.236 e. The standard InChI is InChI=1S/C15H22N2O3/c1-3-17(13-8-5-4-6-9-13)15(19)12-14(18)16-10-7-11-20-2/h4-6,8-9H,3,7,10-12H2,1-2H3,(H,16,18). The van der Waals surface area contributed by atoms with Crippen molar-refractivity contribution in [2.24, 2.45) is 0 Å². The molecule has 1 aromatic carbocycles. The fourth-order valence-electron chi connectivity index (χ4n) is 1.85. The number of benzene rings is 1. The summed E-state index contributed by atoms with van der Waals surface area (Å²) in [5, 5.41) is 2.71. The number of carbonyl (C=O) groups excluding carboxylic acids is 2. The zero-order valence-electron chi connectivity index (χ0n) is 12.1. The van der Waals surface area contributed by atoms with E-state index in [0.29, 0.717) is 19.7 Å². The van der Waals surface area contributed by atoms with Gasteiger partial charge in [0.15, 0.2) is 0 Å². The van der Waals surface area contributed by atoms with Gasteiger partial charge in [0.25, 0.3) is 0 Å². The van der Waals surface area contributed by atoms with Crippen LogP contribution >= 0.6 is 0 Å². The van der Waals surface area contributed by atoms with E-state index < -0.39 is 0 Å². The summed E-state index contributed by atoms with van der Waals surface area (Å²) in [4.78, 5) is 25.4. The van der Waals surface area contributed by atoms with Gasteiger partial charge in [-0.25, -0.2) is 0 Å². The van der Waals surface area contributed by atoms with Crippen LogP contribution in [0.2, 0.25) is 0 Å². The van der Waals surface area contributed by atoms with Crippen molar-refractivity contribution in [1.82, 2.24) is 5.32 Å². The van der Waals surface area contributed by atoms with Gasteiger partial charge in [-0.3, -0.25) is 9.59 Å². The first-order valence-electron chi connectivity index (χ1n) is 6.80. The van der Waals surface area contributed by atoms with Crippen molar-refractivity contribution >= 4 is 17.5 Å². The average Bonchev–Trinajstić information content (AvgIpc) is 2.45. The highest BCUT2D eigenvalue weighted by Gasteiger charge is 2.16. The summed E-state index contributed by atoms with van der Waals surface area (Å²) in [6.07, 6.45) is 0.613. The van der Waals surface area contributed by atoms with Gasteiger partial charge in [-0.2, -0.15) is 0 Å². The monoisotopic (exact) mass is 278 g/mol. The Morgan fingerprint density at radius 3 is 2.55 bits per heavy atom. The SMILES string of the molecule is CCN(C(=O)CC(=O)NCCCOC)c1ccccc1. The molecular weight excluding hydrogens is 256 g/mol. The van der Waals surface area contributed by atoms with Gasteiger partial charge in [-0.15, -0.1) is 0 Å². The number of nitrogens with one attached hydrogen (secondary N) is 1. The van der Waals surface area contributed by atoms with Gasteiger partial charge in [0.05, 0.1) is 0 Å². The van der Waals surface area contributed by atoms with Gasteiger partial charge >= 0.3 is 0 Å². The second-order valence-electron chi connectivity index (χ2n) is 4.35. The Kier molecular flexibility index (Phi) is 7.35. The summed E-state index contributed by atoms with van der Waals surface area (Å²) < 4.78 is 4.89. The number of rotatable bonds is 8. The Morgan fingerprint density at radius 2 is 1.95 bits per heavy atom. The van der Waals surface area contributed by atoms with Gasteiger partial charge < -0.3 is 15.0 Å². The van der Waals surface area contributed by atoms with E-state index in [1.807, 2.05) is 37.3 Å². The molecule has 0 unspecified atom stereocenters. The average molecular weight is 278 g/mol. The van der Waals surface area contributed by atoms with Crippen molar-refractivity contribution in [3.63, 3.8) is 0 Å². The summed E-state index contributed by atoms with van der Waals surface area (Å²) >= 11 is 0. The predicted molar refractivity (Wildman–Crippen MR) is 78.6 cm³/mol. The number of hydrogen-bond acceptors (Lipinski definition) is 3. The topological polar surface area (TPSA) is 58.6 Å². The summed E-state index contributed by atoms with van der Waals surface area (Å²) in [5.74, 6) is -0.441. The molecule has 0 aliphatic rings. The molecule has 0 radical (unpaired) electrons. The molecule has 5 heteroatoms. The number of anilines is 1. The van der Waals surface area contributed by atoms with Crippen molar-refractivity contribution < 1.29 is 14.3 Å². The fraction of sp³-hybridized carbons (Fsp3) is 0.467. The molecule has 0 spiro atoms. The Balaban J connectivity index is 2.45. The Hall–Kier alpha value is -1.88.